The molecule has 1 aliphatic rings. The molecular weight excluding hydrogens is 294 g/mol. The van der Waals surface area contributed by atoms with Crippen molar-refractivity contribution in [2.24, 2.45) is 0 Å². The minimum atomic E-state index is -3.17. The normalized spacial score (nSPS) is 21.7. The Labute approximate surface area is 122 Å². The molecule has 2 rings (SSSR count). The molecule has 0 aliphatic heterocycles. The first-order valence-corrected chi connectivity index (χ1v) is 8.42. The predicted octanol–water partition coefficient (Wildman–Crippen LogP) is 1.84. The number of nitriles is 1. The number of sulfone groups is 1. The number of benzene rings is 1. The third kappa shape index (κ3) is 3.31. The van der Waals surface area contributed by atoms with Crippen molar-refractivity contribution >= 4 is 21.2 Å². The first-order chi connectivity index (χ1) is 9.82. The van der Waals surface area contributed by atoms with Gasteiger partial charge in [0.1, 0.15) is 6.07 Å². The number of nitro benzene ring substituents is 1. The summed E-state index contributed by atoms with van der Waals surface area (Å²) in [5.74, 6) is 0. The summed E-state index contributed by atoms with van der Waals surface area (Å²) in [6.07, 6.45) is 3.29. The first kappa shape index (κ1) is 15.3. The SMILES string of the molecule is CS(=O)(=O)C1CCCC1Nc1ccc([N+](=O)[O-])cc1C#N. The van der Waals surface area contributed by atoms with Crippen molar-refractivity contribution in [1.82, 2.24) is 0 Å². The molecule has 2 unspecified atom stereocenters. The Morgan fingerprint density at radius 3 is 2.71 bits per heavy atom. The standard InChI is InChI=1S/C13H15N3O4S/c1-21(19,20)13-4-2-3-12(13)15-11-6-5-10(16(17)18)7-9(11)8-14/h5-7,12-13,15H,2-4H2,1H3. The second-order valence-electron chi connectivity index (χ2n) is 5.15. The first-order valence-electron chi connectivity index (χ1n) is 6.47. The topological polar surface area (TPSA) is 113 Å². The average molecular weight is 309 g/mol. The fourth-order valence-corrected chi connectivity index (χ4v) is 4.06. The molecule has 7 nitrogen and oxygen atoms in total. The lowest BCUT2D eigenvalue weighted by Gasteiger charge is -2.21. The van der Waals surface area contributed by atoms with Crippen LogP contribution in [0.1, 0.15) is 24.8 Å². The Morgan fingerprint density at radius 1 is 1.43 bits per heavy atom. The molecule has 8 heteroatoms. The quantitative estimate of drug-likeness (QED) is 0.670. The van der Waals surface area contributed by atoms with Gasteiger partial charge in [-0.25, -0.2) is 8.42 Å². The zero-order valence-corrected chi connectivity index (χ0v) is 12.3. The van der Waals surface area contributed by atoms with Gasteiger partial charge in [0, 0.05) is 24.4 Å². The van der Waals surface area contributed by atoms with Gasteiger partial charge < -0.3 is 5.32 Å². The van der Waals surface area contributed by atoms with Crippen molar-refractivity contribution in [3.05, 3.63) is 33.9 Å². The number of hydrogen-bond acceptors (Lipinski definition) is 6. The molecule has 0 radical (unpaired) electrons. The number of hydrogen-bond donors (Lipinski definition) is 1. The van der Waals surface area contributed by atoms with E-state index in [-0.39, 0.29) is 17.3 Å². The summed E-state index contributed by atoms with van der Waals surface area (Å²) in [6, 6.07) is 5.57. The van der Waals surface area contributed by atoms with Crippen LogP contribution in [0.15, 0.2) is 18.2 Å². The molecule has 0 amide bonds. The molecule has 21 heavy (non-hydrogen) atoms. The molecule has 0 spiro atoms. The zero-order valence-electron chi connectivity index (χ0n) is 11.4. The molecule has 1 N–H and O–H groups in total. The van der Waals surface area contributed by atoms with Gasteiger partial charge in [-0.3, -0.25) is 10.1 Å². The highest BCUT2D eigenvalue weighted by atomic mass is 32.2. The molecule has 0 heterocycles. The predicted molar refractivity (Wildman–Crippen MR) is 77.7 cm³/mol. The Kier molecular flexibility index (Phi) is 4.14. The Bertz CT molecular complexity index is 709. The van der Waals surface area contributed by atoms with Crippen LogP contribution in [0.4, 0.5) is 11.4 Å². The summed E-state index contributed by atoms with van der Waals surface area (Å²) in [5.41, 5.74) is 0.412. The van der Waals surface area contributed by atoms with Gasteiger partial charge in [-0.1, -0.05) is 0 Å². The van der Waals surface area contributed by atoms with Crippen LogP contribution in [0.25, 0.3) is 0 Å². The van der Waals surface area contributed by atoms with E-state index in [1.54, 1.807) is 0 Å². The van der Waals surface area contributed by atoms with Gasteiger partial charge in [0.15, 0.2) is 9.84 Å². The van der Waals surface area contributed by atoms with Crippen molar-refractivity contribution in [2.75, 3.05) is 11.6 Å². The number of nitrogens with one attached hydrogen (secondary N) is 1. The summed E-state index contributed by atoms with van der Waals surface area (Å²) in [6.45, 7) is 0. The van der Waals surface area contributed by atoms with Gasteiger partial charge in [0.25, 0.3) is 5.69 Å². The summed E-state index contributed by atoms with van der Waals surface area (Å²) in [7, 11) is -3.17. The van der Waals surface area contributed by atoms with Gasteiger partial charge in [0.05, 0.1) is 21.4 Å². The second-order valence-corrected chi connectivity index (χ2v) is 7.41. The maximum Gasteiger partial charge on any atom is 0.270 e. The van der Waals surface area contributed by atoms with Crippen LogP contribution in [0.2, 0.25) is 0 Å². The van der Waals surface area contributed by atoms with Crippen LogP contribution >= 0.6 is 0 Å². The summed E-state index contributed by atoms with van der Waals surface area (Å²) in [4.78, 5) is 10.1. The minimum absolute atomic E-state index is 0.142. The van der Waals surface area contributed by atoms with Crippen molar-refractivity contribution < 1.29 is 13.3 Å². The maximum atomic E-state index is 11.7. The molecule has 0 aromatic heterocycles. The van der Waals surface area contributed by atoms with Crippen molar-refractivity contribution in [1.29, 1.82) is 5.26 Å². The maximum absolute atomic E-state index is 11.7. The Balaban J connectivity index is 2.28. The van der Waals surface area contributed by atoms with E-state index in [2.05, 4.69) is 5.32 Å². The average Bonchev–Trinajstić information content (AvgIpc) is 2.87. The van der Waals surface area contributed by atoms with E-state index in [0.717, 1.165) is 6.42 Å². The van der Waals surface area contributed by atoms with E-state index in [1.165, 1.54) is 24.5 Å². The van der Waals surface area contributed by atoms with E-state index in [4.69, 9.17) is 5.26 Å². The molecular formula is C13H15N3O4S. The van der Waals surface area contributed by atoms with E-state index < -0.39 is 20.0 Å². The molecule has 1 aliphatic carbocycles. The van der Waals surface area contributed by atoms with Gasteiger partial charge in [-0.15, -0.1) is 0 Å². The van der Waals surface area contributed by atoms with Crippen molar-refractivity contribution in [3.8, 4) is 6.07 Å². The molecule has 0 bridgehead atoms. The summed E-state index contributed by atoms with van der Waals surface area (Å²) in [5, 5.41) is 22.4. The lowest BCUT2D eigenvalue weighted by molar-refractivity contribution is -0.384. The highest BCUT2D eigenvalue weighted by Gasteiger charge is 2.35. The third-order valence-corrected chi connectivity index (χ3v) is 5.34. The molecule has 2 atom stereocenters. The second kappa shape index (κ2) is 5.69. The fraction of sp³-hybridized carbons (Fsp3) is 0.462. The van der Waals surface area contributed by atoms with Crippen LogP contribution in [0.3, 0.4) is 0 Å². The van der Waals surface area contributed by atoms with E-state index >= 15 is 0 Å². The smallest absolute Gasteiger partial charge is 0.270 e. The third-order valence-electron chi connectivity index (χ3n) is 3.68. The monoisotopic (exact) mass is 309 g/mol. The highest BCUT2D eigenvalue weighted by molar-refractivity contribution is 7.91. The molecule has 1 aromatic carbocycles. The summed E-state index contributed by atoms with van der Waals surface area (Å²) >= 11 is 0. The number of rotatable bonds is 4. The molecule has 112 valence electrons. The van der Waals surface area contributed by atoms with E-state index in [1.807, 2.05) is 6.07 Å². The van der Waals surface area contributed by atoms with Crippen molar-refractivity contribution in [2.45, 2.75) is 30.6 Å². The van der Waals surface area contributed by atoms with Gasteiger partial charge in [-0.2, -0.15) is 5.26 Å². The van der Waals surface area contributed by atoms with Crippen LogP contribution in [0, 0.1) is 21.4 Å². The van der Waals surface area contributed by atoms with Crippen LogP contribution in [-0.4, -0.2) is 30.9 Å². The molecule has 1 aromatic rings. The number of nitro groups is 1. The summed E-state index contributed by atoms with van der Waals surface area (Å²) < 4.78 is 23.5. The molecule has 1 saturated carbocycles. The van der Waals surface area contributed by atoms with Crippen molar-refractivity contribution in [3.63, 3.8) is 0 Å². The Morgan fingerprint density at radius 2 is 2.14 bits per heavy atom. The molecule has 1 fully saturated rings. The largest absolute Gasteiger partial charge is 0.380 e. The fourth-order valence-electron chi connectivity index (χ4n) is 2.67. The van der Waals surface area contributed by atoms with Gasteiger partial charge >= 0.3 is 0 Å². The van der Waals surface area contributed by atoms with Crippen LogP contribution in [-0.2, 0) is 9.84 Å². The lowest BCUT2D eigenvalue weighted by Crippen LogP contribution is -2.34. The van der Waals surface area contributed by atoms with E-state index in [0.29, 0.717) is 18.5 Å². The number of non-ortho nitro benzene ring substituents is 1. The minimum Gasteiger partial charge on any atom is -0.380 e. The number of anilines is 1. The highest BCUT2D eigenvalue weighted by Crippen LogP contribution is 2.30. The van der Waals surface area contributed by atoms with Gasteiger partial charge in [-0.05, 0) is 25.3 Å². The Hall–Kier alpha value is -2.14. The zero-order chi connectivity index (χ0) is 15.6. The number of nitrogens with zero attached hydrogens (tertiary/aromatic N) is 2. The van der Waals surface area contributed by atoms with E-state index in [9.17, 15) is 18.5 Å². The lowest BCUT2D eigenvalue weighted by atomic mass is 10.1. The van der Waals surface area contributed by atoms with Crippen LogP contribution in [0.5, 0.6) is 0 Å². The molecule has 0 saturated heterocycles. The van der Waals surface area contributed by atoms with Gasteiger partial charge in [0.2, 0.25) is 0 Å². The van der Waals surface area contributed by atoms with Crippen LogP contribution < -0.4 is 5.32 Å².